The minimum atomic E-state index is 0.593. The summed E-state index contributed by atoms with van der Waals surface area (Å²) in [6.07, 6.45) is 5.24. The van der Waals surface area contributed by atoms with Gasteiger partial charge >= 0.3 is 0 Å². The van der Waals surface area contributed by atoms with Crippen molar-refractivity contribution < 1.29 is 9.47 Å². The van der Waals surface area contributed by atoms with Crippen molar-refractivity contribution >= 4 is 23.3 Å². The van der Waals surface area contributed by atoms with Gasteiger partial charge in [-0.2, -0.15) is 0 Å². The van der Waals surface area contributed by atoms with E-state index in [2.05, 4.69) is 15.3 Å². The highest BCUT2D eigenvalue weighted by atomic mass is 32.2. The van der Waals surface area contributed by atoms with Crippen LogP contribution in [0.4, 0.5) is 11.5 Å². The Hall–Kier alpha value is -1.95. The Kier molecular flexibility index (Phi) is 3.54. The lowest BCUT2D eigenvalue weighted by atomic mass is 10.2. The first-order chi connectivity index (χ1) is 10.8. The molecule has 0 amide bonds. The Labute approximate surface area is 133 Å². The molecule has 0 fully saturated rings. The third kappa shape index (κ3) is 2.47. The highest BCUT2D eigenvalue weighted by Crippen LogP contribution is 2.35. The second kappa shape index (κ2) is 5.68. The van der Waals surface area contributed by atoms with Crippen LogP contribution in [0, 0.1) is 0 Å². The van der Waals surface area contributed by atoms with E-state index in [4.69, 9.17) is 9.47 Å². The number of nitrogens with zero attached hydrogens (tertiary/aromatic N) is 2. The van der Waals surface area contributed by atoms with E-state index in [1.807, 2.05) is 24.5 Å². The second-order valence-corrected chi connectivity index (χ2v) is 6.09. The molecule has 4 rings (SSSR count). The largest absolute Gasteiger partial charge is 0.486 e. The van der Waals surface area contributed by atoms with E-state index >= 15 is 0 Å². The Morgan fingerprint density at radius 1 is 1.09 bits per heavy atom. The number of ether oxygens (including phenoxy) is 2. The van der Waals surface area contributed by atoms with Crippen LogP contribution in [0.2, 0.25) is 0 Å². The van der Waals surface area contributed by atoms with E-state index in [-0.39, 0.29) is 0 Å². The molecule has 6 heteroatoms. The van der Waals surface area contributed by atoms with Crippen LogP contribution >= 0.6 is 11.8 Å². The molecule has 0 bridgehead atoms. The van der Waals surface area contributed by atoms with Gasteiger partial charge in [0.25, 0.3) is 0 Å². The number of hydrogen-bond donors (Lipinski definition) is 1. The van der Waals surface area contributed by atoms with Crippen LogP contribution in [-0.4, -0.2) is 29.4 Å². The molecule has 1 aliphatic heterocycles. The first-order valence-electron chi connectivity index (χ1n) is 7.44. The van der Waals surface area contributed by atoms with Gasteiger partial charge < -0.3 is 14.8 Å². The first kappa shape index (κ1) is 13.7. The number of nitrogens with one attached hydrogen (secondary N) is 1. The Morgan fingerprint density at radius 3 is 2.82 bits per heavy atom. The van der Waals surface area contributed by atoms with Crippen molar-refractivity contribution in [3.8, 4) is 11.5 Å². The summed E-state index contributed by atoms with van der Waals surface area (Å²) in [6, 6.07) is 5.90. The molecule has 2 aromatic rings. The van der Waals surface area contributed by atoms with Gasteiger partial charge in [-0.1, -0.05) is 11.8 Å². The van der Waals surface area contributed by atoms with Gasteiger partial charge in [0.1, 0.15) is 19.0 Å². The van der Waals surface area contributed by atoms with Crippen LogP contribution in [0.5, 0.6) is 11.5 Å². The van der Waals surface area contributed by atoms with Gasteiger partial charge in [-0.05, 0) is 37.7 Å². The predicted octanol–water partition coefficient (Wildman–Crippen LogP) is 3.20. The summed E-state index contributed by atoms with van der Waals surface area (Å²) >= 11 is 1.58. The van der Waals surface area contributed by atoms with Gasteiger partial charge in [-0.15, -0.1) is 0 Å². The number of rotatable bonds is 3. The molecule has 0 radical (unpaired) electrons. The smallest absolute Gasteiger partial charge is 0.189 e. The van der Waals surface area contributed by atoms with Crippen LogP contribution in [0.25, 0.3) is 0 Å². The lowest BCUT2D eigenvalue weighted by Crippen LogP contribution is -2.15. The monoisotopic (exact) mass is 315 g/mol. The molecular weight excluding hydrogens is 298 g/mol. The summed E-state index contributed by atoms with van der Waals surface area (Å²) < 4.78 is 11.2. The Bertz CT molecular complexity index is 721. The lowest BCUT2D eigenvalue weighted by Gasteiger charge is -2.19. The molecule has 0 spiro atoms. The zero-order valence-electron chi connectivity index (χ0n) is 12.4. The van der Waals surface area contributed by atoms with E-state index in [9.17, 15) is 0 Å². The van der Waals surface area contributed by atoms with Crippen LogP contribution in [-0.2, 0) is 12.8 Å². The third-order valence-corrected chi connectivity index (χ3v) is 4.45. The van der Waals surface area contributed by atoms with Gasteiger partial charge in [0.15, 0.2) is 16.7 Å². The van der Waals surface area contributed by atoms with Gasteiger partial charge in [-0.3, -0.25) is 0 Å². The SMILES string of the molecule is CSc1nc2c(c(Nc3ccc4c(c3)OCCO4)n1)CCC2. The quantitative estimate of drug-likeness (QED) is 0.693. The Balaban J connectivity index is 1.67. The van der Waals surface area contributed by atoms with Gasteiger partial charge in [0.05, 0.1) is 5.69 Å². The van der Waals surface area contributed by atoms with Crippen molar-refractivity contribution in [2.75, 3.05) is 24.8 Å². The number of anilines is 2. The van der Waals surface area contributed by atoms with Crippen molar-refractivity contribution in [3.05, 3.63) is 29.5 Å². The molecule has 1 aliphatic carbocycles. The topological polar surface area (TPSA) is 56.3 Å². The highest BCUT2D eigenvalue weighted by Gasteiger charge is 2.20. The standard InChI is InChI=1S/C16H17N3O2S/c1-22-16-18-12-4-2-3-11(12)15(19-16)17-10-5-6-13-14(9-10)21-8-7-20-13/h5-6,9H,2-4,7-8H2,1H3,(H,17,18,19). The molecule has 5 nitrogen and oxygen atoms in total. The van der Waals surface area contributed by atoms with E-state index in [1.165, 1.54) is 11.3 Å². The summed E-state index contributed by atoms with van der Waals surface area (Å²) in [7, 11) is 0. The minimum Gasteiger partial charge on any atom is -0.486 e. The zero-order valence-corrected chi connectivity index (χ0v) is 13.2. The molecular formula is C16H17N3O2S. The van der Waals surface area contributed by atoms with Gasteiger partial charge in [0.2, 0.25) is 0 Å². The van der Waals surface area contributed by atoms with Crippen LogP contribution < -0.4 is 14.8 Å². The summed E-state index contributed by atoms with van der Waals surface area (Å²) in [5.41, 5.74) is 3.39. The van der Waals surface area contributed by atoms with Crippen molar-refractivity contribution in [3.63, 3.8) is 0 Å². The van der Waals surface area contributed by atoms with Crippen LogP contribution in [0.1, 0.15) is 17.7 Å². The summed E-state index contributed by atoms with van der Waals surface area (Å²) in [5.74, 6) is 2.50. The maximum absolute atomic E-state index is 5.64. The van der Waals surface area contributed by atoms with E-state index in [0.717, 1.165) is 47.4 Å². The third-order valence-electron chi connectivity index (χ3n) is 3.90. The molecule has 1 aromatic carbocycles. The molecule has 22 heavy (non-hydrogen) atoms. The van der Waals surface area contributed by atoms with Crippen LogP contribution in [0.15, 0.2) is 23.4 Å². The van der Waals surface area contributed by atoms with Crippen molar-refractivity contribution in [2.45, 2.75) is 24.4 Å². The van der Waals surface area contributed by atoms with Gasteiger partial charge in [0, 0.05) is 17.3 Å². The van der Waals surface area contributed by atoms with E-state index in [1.54, 1.807) is 11.8 Å². The molecule has 114 valence electrons. The summed E-state index contributed by atoms with van der Waals surface area (Å²) in [5, 5.41) is 4.25. The molecule has 2 aliphatic rings. The average molecular weight is 315 g/mol. The number of fused-ring (bicyclic) bond motifs is 2. The second-order valence-electron chi connectivity index (χ2n) is 5.32. The molecule has 0 saturated carbocycles. The fourth-order valence-corrected chi connectivity index (χ4v) is 3.25. The number of thioether (sulfide) groups is 1. The minimum absolute atomic E-state index is 0.593. The first-order valence-corrected chi connectivity index (χ1v) is 8.66. The molecule has 1 aromatic heterocycles. The lowest BCUT2D eigenvalue weighted by molar-refractivity contribution is 0.171. The Morgan fingerprint density at radius 2 is 1.95 bits per heavy atom. The van der Waals surface area contributed by atoms with Crippen molar-refractivity contribution in [1.82, 2.24) is 9.97 Å². The maximum atomic E-state index is 5.64. The summed E-state index contributed by atoms with van der Waals surface area (Å²) in [4.78, 5) is 9.25. The molecule has 0 atom stereocenters. The van der Waals surface area contributed by atoms with Crippen molar-refractivity contribution in [2.24, 2.45) is 0 Å². The summed E-state index contributed by atoms with van der Waals surface area (Å²) in [6.45, 7) is 1.20. The average Bonchev–Trinajstić information content (AvgIpc) is 3.03. The molecule has 0 unspecified atom stereocenters. The fraction of sp³-hybridized carbons (Fsp3) is 0.375. The maximum Gasteiger partial charge on any atom is 0.189 e. The predicted molar refractivity (Wildman–Crippen MR) is 86.6 cm³/mol. The van der Waals surface area contributed by atoms with Crippen molar-refractivity contribution in [1.29, 1.82) is 0 Å². The highest BCUT2D eigenvalue weighted by molar-refractivity contribution is 7.98. The molecule has 0 saturated heterocycles. The number of hydrogen-bond acceptors (Lipinski definition) is 6. The number of aryl methyl sites for hydroxylation is 1. The van der Waals surface area contributed by atoms with E-state index in [0.29, 0.717) is 13.2 Å². The fourth-order valence-electron chi connectivity index (χ4n) is 2.86. The zero-order chi connectivity index (χ0) is 14.9. The number of benzene rings is 1. The number of aromatic nitrogens is 2. The molecule has 2 heterocycles. The van der Waals surface area contributed by atoms with Crippen LogP contribution in [0.3, 0.4) is 0 Å². The normalized spacial score (nSPS) is 15.5. The van der Waals surface area contributed by atoms with E-state index < -0.39 is 0 Å². The van der Waals surface area contributed by atoms with Gasteiger partial charge in [-0.25, -0.2) is 9.97 Å². The molecule has 1 N–H and O–H groups in total.